The summed E-state index contributed by atoms with van der Waals surface area (Å²) in [5, 5.41) is 6.05. The summed E-state index contributed by atoms with van der Waals surface area (Å²) >= 11 is 3.43. The predicted octanol–water partition coefficient (Wildman–Crippen LogP) is 4.83. The summed E-state index contributed by atoms with van der Waals surface area (Å²) in [6.45, 7) is 3.17. The van der Waals surface area contributed by atoms with Crippen LogP contribution in [0.1, 0.15) is 31.0 Å². The van der Waals surface area contributed by atoms with Crippen LogP contribution in [-0.4, -0.2) is 53.3 Å². The van der Waals surface area contributed by atoms with Crippen molar-refractivity contribution in [2.24, 2.45) is 22.9 Å². The number of methoxy groups -OCH3 is 1. The topological polar surface area (TPSA) is 82.6 Å². The summed E-state index contributed by atoms with van der Waals surface area (Å²) in [6.07, 6.45) is 4.20. The molecule has 1 fully saturated rings. The van der Waals surface area contributed by atoms with Crippen LogP contribution >= 0.6 is 15.9 Å². The molecule has 7 nitrogen and oxygen atoms in total. The molecule has 1 unspecified atom stereocenters. The van der Waals surface area contributed by atoms with Crippen LogP contribution in [-0.2, 0) is 16.0 Å². The van der Waals surface area contributed by atoms with E-state index in [2.05, 4.69) is 68.4 Å². The Morgan fingerprint density at radius 3 is 2.85 bits per heavy atom. The van der Waals surface area contributed by atoms with Gasteiger partial charge in [0.05, 0.1) is 24.4 Å². The van der Waals surface area contributed by atoms with Crippen LogP contribution in [0.5, 0.6) is 0 Å². The van der Waals surface area contributed by atoms with Gasteiger partial charge in [0, 0.05) is 34.2 Å². The van der Waals surface area contributed by atoms with Crippen molar-refractivity contribution in [3.05, 3.63) is 58.3 Å². The molecule has 0 saturated carbocycles. The number of pyridine rings is 1. The number of likely N-dealkylation sites (tertiary alicyclic amines) is 1. The number of para-hydroxylation sites is 1. The lowest BCUT2D eigenvalue weighted by molar-refractivity contribution is -0.154. The first-order valence-electron chi connectivity index (χ1n) is 11.8. The lowest BCUT2D eigenvalue weighted by Crippen LogP contribution is -2.56. The van der Waals surface area contributed by atoms with E-state index in [0.29, 0.717) is 18.2 Å². The summed E-state index contributed by atoms with van der Waals surface area (Å²) in [4.78, 5) is 23.6. The fourth-order valence-electron chi connectivity index (χ4n) is 5.83. The summed E-state index contributed by atoms with van der Waals surface area (Å²) in [5.41, 5.74) is 7.43. The van der Waals surface area contributed by atoms with Crippen LogP contribution in [0.25, 0.3) is 10.9 Å². The number of carbonyl (C=O) groups excluding carboxylic acids is 1. The minimum atomic E-state index is -0.202. The molecule has 5 rings (SSSR count). The molecular formula is C26H30BrN5O2. The van der Waals surface area contributed by atoms with E-state index in [0.717, 1.165) is 40.8 Å². The molecule has 3 aromatic rings. The average Bonchev–Trinajstić information content (AvgIpc) is 3.20. The smallest absolute Gasteiger partial charge is 0.310 e. The Kier molecular flexibility index (Phi) is 6.44. The fourth-order valence-corrected chi connectivity index (χ4v) is 6.07. The Bertz CT molecular complexity index is 1220. The van der Waals surface area contributed by atoms with E-state index in [-0.39, 0.29) is 23.8 Å². The monoisotopic (exact) mass is 523 g/mol. The SMILES string of the molecule is CCC1CN(C)[C@H]2Cc3c([nH]c4ccccc34)/C(=N/Nc3ccc(Br)cn3)C[C@@H]1[C@@H]2C(=O)OC. The number of anilines is 1. The highest BCUT2D eigenvalue weighted by atomic mass is 79.9. The van der Waals surface area contributed by atoms with Crippen LogP contribution in [0.15, 0.2) is 52.2 Å². The molecule has 1 aliphatic heterocycles. The number of esters is 1. The highest BCUT2D eigenvalue weighted by molar-refractivity contribution is 9.10. The predicted molar refractivity (Wildman–Crippen MR) is 138 cm³/mol. The van der Waals surface area contributed by atoms with Gasteiger partial charge in [-0.15, -0.1) is 0 Å². The number of hydrazone groups is 1. The highest BCUT2D eigenvalue weighted by Gasteiger charge is 2.48. The number of nitrogens with one attached hydrogen (secondary N) is 2. The molecule has 34 heavy (non-hydrogen) atoms. The molecular weight excluding hydrogens is 494 g/mol. The molecule has 3 heterocycles. The van der Waals surface area contributed by atoms with Crippen molar-refractivity contribution >= 4 is 44.3 Å². The van der Waals surface area contributed by atoms with E-state index in [4.69, 9.17) is 9.84 Å². The number of carbonyl (C=O) groups is 1. The normalized spacial score (nSPS) is 26.1. The Morgan fingerprint density at radius 1 is 1.29 bits per heavy atom. The van der Waals surface area contributed by atoms with Crippen molar-refractivity contribution in [2.75, 3.05) is 26.1 Å². The molecule has 2 bridgehead atoms. The summed E-state index contributed by atoms with van der Waals surface area (Å²) < 4.78 is 6.27. The number of H-pyrrole nitrogens is 1. The number of rotatable bonds is 4. The second-order valence-electron chi connectivity index (χ2n) is 9.35. The zero-order valence-corrected chi connectivity index (χ0v) is 21.3. The highest BCUT2D eigenvalue weighted by Crippen LogP contribution is 2.42. The molecule has 8 heteroatoms. The molecule has 0 amide bonds. The van der Waals surface area contributed by atoms with E-state index in [9.17, 15) is 4.79 Å². The van der Waals surface area contributed by atoms with Crippen LogP contribution in [0, 0.1) is 17.8 Å². The van der Waals surface area contributed by atoms with Gasteiger partial charge in [-0.3, -0.25) is 10.2 Å². The number of hydrogen-bond acceptors (Lipinski definition) is 6. The number of fused-ring (bicyclic) bond motifs is 5. The van der Waals surface area contributed by atoms with E-state index < -0.39 is 0 Å². The lowest BCUT2D eigenvalue weighted by Gasteiger charge is -2.48. The molecule has 2 N–H and O–H groups in total. The maximum Gasteiger partial charge on any atom is 0.310 e. The van der Waals surface area contributed by atoms with Crippen molar-refractivity contribution in [3.63, 3.8) is 0 Å². The van der Waals surface area contributed by atoms with Gasteiger partial charge in [0.2, 0.25) is 0 Å². The van der Waals surface area contributed by atoms with Gasteiger partial charge in [-0.1, -0.05) is 31.5 Å². The number of piperidine rings is 1. The van der Waals surface area contributed by atoms with Crippen molar-refractivity contribution in [1.82, 2.24) is 14.9 Å². The van der Waals surface area contributed by atoms with Crippen LogP contribution in [0.4, 0.5) is 5.82 Å². The zero-order valence-electron chi connectivity index (χ0n) is 19.7. The van der Waals surface area contributed by atoms with Gasteiger partial charge in [0.1, 0.15) is 5.82 Å². The van der Waals surface area contributed by atoms with Gasteiger partial charge < -0.3 is 14.6 Å². The van der Waals surface area contributed by atoms with E-state index in [1.54, 1.807) is 6.20 Å². The number of aromatic nitrogens is 2. The number of hydrogen-bond donors (Lipinski definition) is 2. The van der Waals surface area contributed by atoms with Crippen molar-refractivity contribution in [3.8, 4) is 0 Å². The Morgan fingerprint density at radius 2 is 2.12 bits per heavy atom. The van der Waals surface area contributed by atoms with Crippen molar-refractivity contribution < 1.29 is 9.53 Å². The molecule has 178 valence electrons. The van der Waals surface area contributed by atoms with E-state index in [1.807, 2.05) is 18.2 Å². The summed E-state index contributed by atoms with van der Waals surface area (Å²) in [5.74, 6) is 0.883. The zero-order chi connectivity index (χ0) is 23.8. The second-order valence-corrected chi connectivity index (χ2v) is 10.3. The molecule has 0 radical (unpaired) electrons. The maximum absolute atomic E-state index is 13.2. The largest absolute Gasteiger partial charge is 0.469 e. The van der Waals surface area contributed by atoms with Crippen molar-refractivity contribution in [1.29, 1.82) is 0 Å². The van der Waals surface area contributed by atoms with Crippen LogP contribution < -0.4 is 5.43 Å². The third-order valence-corrected chi connectivity index (χ3v) is 8.01. The number of benzene rings is 1. The average molecular weight is 524 g/mol. The third-order valence-electron chi connectivity index (χ3n) is 7.54. The first kappa shape index (κ1) is 23.1. The van der Waals surface area contributed by atoms with E-state index >= 15 is 0 Å². The Labute approximate surface area is 208 Å². The fraction of sp³-hybridized carbons (Fsp3) is 0.423. The quantitative estimate of drug-likeness (QED) is 0.377. The number of ether oxygens (including phenoxy) is 1. The van der Waals surface area contributed by atoms with Gasteiger partial charge in [-0.25, -0.2) is 4.98 Å². The van der Waals surface area contributed by atoms with Crippen LogP contribution in [0.2, 0.25) is 0 Å². The first-order chi connectivity index (χ1) is 16.5. The molecule has 0 spiro atoms. The molecule has 4 atom stereocenters. The van der Waals surface area contributed by atoms with Gasteiger partial charge in [0.15, 0.2) is 0 Å². The minimum absolute atomic E-state index is 0.0841. The number of likely N-dealkylation sites (N-methyl/N-ethyl adjacent to an activating group) is 1. The van der Waals surface area contributed by atoms with Crippen LogP contribution in [0.3, 0.4) is 0 Å². The molecule has 2 aliphatic rings. The Balaban J connectivity index is 1.65. The third kappa shape index (κ3) is 4.14. The number of aromatic amines is 1. The molecule has 1 aromatic carbocycles. The van der Waals surface area contributed by atoms with Crippen molar-refractivity contribution in [2.45, 2.75) is 32.2 Å². The molecule has 2 aromatic heterocycles. The molecule has 1 aliphatic carbocycles. The second kappa shape index (κ2) is 9.50. The first-order valence-corrected chi connectivity index (χ1v) is 12.6. The number of nitrogens with zero attached hydrogens (tertiary/aromatic N) is 3. The van der Waals surface area contributed by atoms with Gasteiger partial charge in [-0.2, -0.15) is 5.10 Å². The van der Waals surface area contributed by atoms with Gasteiger partial charge >= 0.3 is 5.97 Å². The minimum Gasteiger partial charge on any atom is -0.469 e. The molecule has 1 saturated heterocycles. The van der Waals surface area contributed by atoms with Gasteiger partial charge in [0.25, 0.3) is 0 Å². The summed E-state index contributed by atoms with van der Waals surface area (Å²) in [6, 6.07) is 12.3. The van der Waals surface area contributed by atoms with E-state index in [1.165, 1.54) is 18.1 Å². The number of halogens is 1. The maximum atomic E-state index is 13.2. The lowest BCUT2D eigenvalue weighted by atomic mass is 9.67. The standard InChI is InChI=1S/C26H30BrN5O2/c1-4-15-14-32(2)22-12-19-17-7-5-6-8-20(17)29-25(19)21(11-18(15)24(22)26(33)34-3)30-31-23-10-9-16(27)13-28-23/h5-10,13,15,18,22,24,29H,4,11-12,14H2,1-3H3,(H,28,31)/b30-21+/t15?,18-,22-,24-/m0/s1. The summed E-state index contributed by atoms with van der Waals surface area (Å²) in [7, 11) is 3.65. The van der Waals surface area contributed by atoms with Gasteiger partial charge in [-0.05, 0) is 71.4 Å². The Hall–Kier alpha value is -2.71.